The largest absolute Gasteiger partial charge is 0.497 e. The zero-order valence-corrected chi connectivity index (χ0v) is 15.6. The van der Waals surface area contributed by atoms with E-state index in [1.165, 1.54) is 11.3 Å². The Labute approximate surface area is 155 Å². The molecule has 3 amide bonds. The fraction of sp³-hybridized carbons (Fsp3) is 0.278. The first-order chi connectivity index (χ1) is 12.4. The third kappa shape index (κ3) is 5.06. The second kappa shape index (κ2) is 9.00. The zero-order valence-electron chi connectivity index (χ0n) is 14.7. The first-order valence-electron chi connectivity index (χ1n) is 8.01. The summed E-state index contributed by atoms with van der Waals surface area (Å²) in [5, 5.41) is 4.45. The first kappa shape index (κ1) is 19.5. The number of carbonyl (C=O) groups excluding carboxylic acids is 3. The number of hydrazine groups is 1. The second-order valence-electron chi connectivity index (χ2n) is 5.84. The minimum absolute atomic E-state index is 0.171. The number of amides is 3. The third-order valence-corrected chi connectivity index (χ3v) is 4.50. The molecule has 138 valence electrons. The van der Waals surface area contributed by atoms with Crippen LogP contribution in [-0.4, -0.2) is 30.9 Å². The van der Waals surface area contributed by atoms with Gasteiger partial charge in [-0.25, -0.2) is 0 Å². The molecular formula is C18H21N3O4S. The molecule has 0 aliphatic heterocycles. The Hall–Kier alpha value is -2.87. The summed E-state index contributed by atoms with van der Waals surface area (Å²) in [4.78, 5) is 37.1. The van der Waals surface area contributed by atoms with Crippen LogP contribution in [0.2, 0.25) is 0 Å². The number of nitrogens with one attached hydrogen (secondary N) is 3. The molecule has 0 unspecified atom stereocenters. The number of rotatable bonds is 6. The first-order valence-corrected chi connectivity index (χ1v) is 8.89. The van der Waals surface area contributed by atoms with Crippen LogP contribution in [0.25, 0.3) is 0 Å². The monoisotopic (exact) mass is 375 g/mol. The van der Waals surface area contributed by atoms with E-state index < -0.39 is 17.9 Å². The molecule has 0 bridgehead atoms. The van der Waals surface area contributed by atoms with Gasteiger partial charge in [0.2, 0.25) is 0 Å². The molecule has 1 aromatic heterocycles. The Kier molecular flexibility index (Phi) is 6.74. The summed E-state index contributed by atoms with van der Waals surface area (Å²) >= 11 is 1.26. The number of ether oxygens (including phenoxy) is 1. The van der Waals surface area contributed by atoms with E-state index in [9.17, 15) is 14.4 Å². The fourth-order valence-electron chi connectivity index (χ4n) is 2.17. The van der Waals surface area contributed by atoms with Crippen molar-refractivity contribution in [3.8, 4) is 5.75 Å². The minimum atomic E-state index is -0.798. The Morgan fingerprint density at radius 1 is 1.00 bits per heavy atom. The van der Waals surface area contributed by atoms with Crippen LogP contribution in [0, 0.1) is 5.92 Å². The molecular weight excluding hydrogens is 354 g/mol. The van der Waals surface area contributed by atoms with Crippen LogP contribution < -0.4 is 20.9 Å². The molecule has 8 heteroatoms. The quantitative estimate of drug-likeness (QED) is 0.673. The summed E-state index contributed by atoms with van der Waals surface area (Å²) in [6, 6.07) is 9.16. The predicted octanol–water partition coefficient (Wildman–Crippen LogP) is 1.97. The highest BCUT2D eigenvalue weighted by molar-refractivity contribution is 7.12. The SMILES string of the molecule is COc1ccc(C(=O)N[C@H](C(=O)NNC(=O)c2cccs2)C(C)C)cc1. The van der Waals surface area contributed by atoms with E-state index >= 15 is 0 Å². The van der Waals surface area contributed by atoms with Gasteiger partial charge in [0.1, 0.15) is 11.8 Å². The van der Waals surface area contributed by atoms with Gasteiger partial charge in [-0.1, -0.05) is 19.9 Å². The molecule has 1 aromatic carbocycles. The fourth-order valence-corrected chi connectivity index (χ4v) is 2.79. The third-order valence-electron chi connectivity index (χ3n) is 3.63. The molecule has 3 N–H and O–H groups in total. The lowest BCUT2D eigenvalue weighted by Crippen LogP contribution is -2.54. The highest BCUT2D eigenvalue weighted by atomic mass is 32.1. The molecule has 1 heterocycles. The Bertz CT molecular complexity index is 757. The summed E-state index contributed by atoms with van der Waals surface area (Å²) in [6.45, 7) is 3.61. The summed E-state index contributed by atoms with van der Waals surface area (Å²) in [6.07, 6.45) is 0. The van der Waals surface area contributed by atoms with Crippen molar-refractivity contribution >= 4 is 29.1 Å². The maximum absolute atomic E-state index is 12.4. The van der Waals surface area contributed by atoms with Crippen molar-refractivity contribution in [2.24, 2.45) is 5.92 Å². The highest BCUT2D eigenvalue weighted by Gasteiger charge is 2.25. The average molecular weight is 375 g/mol. The van der Waals surface area contributed by atoms with Crippen LogP contribution in [0.15, 0.2) is 41.8 Å². The van der Waals surface area contributed by atoms with Crippen LogP contribution in [0.5, 0.6) is 5.75 Å². The van der Waals surface area contributed by atoms with Gasteiger partial charge in [0.15, 0.2) is 0 Å². The van der Waals surface area contributed by atoms with E-state index in [2.05, 4.69) is 16.2 Å². The molecule has 0 fully saturated rings. The molecule has 7 nitrogen and oxygen atoms in total. The van der Waals surface area contributed by atoms with Crippen molar-refractivity contribution in [1.82, 2.24) is 16.2 Å². The maximum Gasteiger partial charge on any atom is 0.279 e. The van der Waals surface area contributed by atoms with Gasteiger partial charge < -0.3 is 10.1 Å². The minimum Gasteiger partial charge on any atom is -0.497 e. The summed E-state index contributed by atoms with van der Waals surface area (Å²) in [5.74, 6) is -0.818. The molecule has 0 radical (unpaired) electrons. The van der Waals surface area contributed by atoms with Crippen LogP contribution in [0.3, 0.4) is 0 Å². The number of benzene rings is 1. The predicted molar refractivity (Wildman–Crippen MR) is 99.0 cm³/mol. The maximum atomic E-state index is 12.4. The number of methoxy groups -OCH3 is 1. The average Bonchev–Trinajstić information content (AvgIpc) is 3.18. The number of carbonyl (C=O) groups is 3. The molecule has 0 saturated heterocycles. The van der Waals surface area contributed by atoms with Gasteiger partial charge in [-0.3, -0.25) is 25.2 Å². The highest BCUT2D eigenvalue weighted by Crippen LogP contribution is 2.12. The van der Waals surface area contributed by atoms with Crippen molar-refractivity contribution in [2.75, 3.05) is 7.11 Å². The molecule has 2 aromatic rings. The second-order valence-corrected chi connectivity index (χ2v) is 6.79. The number of thiophene rings is 1. The molecule has 26 heavy (non-hydrogen) atoms. The molecule has 0 aliphatic carbocycles. The van der Waals surface area contributed by atoms with Gasteiger partial charge in [-0.15, -0.1) is 11.3 Å². The number of hydrogen-bond donors (Lipinski definition) is 3. The lowest BCUT2D eigenvalue weighted by atomic mass is 10.0. The normalized spacial score (nSPS) is 11.5. The van der Waals surface area contributed by atoms with Gasteiger partial charge in [0, 0.05) is 5.56 Å². The molecule has 2 rings (SSSR count). The van der Waals surface area contributed by atoms with Crippen molar-refractivity contribution in [3.63, 3.8) is 0 Å². The van der Waals surface area contributed by atoms with Crippen molar-refractivity contribution in [1.29, 1.82) is 0 Å². The van der Waals surface area contributed by atoms with Crippen LogP contribution in [0.1, 0.15) is 33.9 Å². The van der Waals surface area contributed by atoms with Crippen LogP contribution in [-0.2, 0) is 4.79 Å². The summed E-state index contributed by atoms with van der Waals surface area (Å²) in [5.41, 5.74) is 5.12. The standard InChI is InChI=1S/C18H21N3O4S/c1-11(2)15(18(24)21-20-17(23)14-5-4-10-26-14)19-16(22)12-6-8-13(25-3)9-7-12/h4-11,15H,1-3H3,(H,19,22)(H,20,23)(H,21,24)/t15-/m0/s1. The Balaban J connectivity index is 1.97. The smallest absolute Gasteiger partial charge is 0.279 e. The van der Waals surface area contributed by atoms with Gasteiger partial charge in [-0.05, 0) is 41.6 Å². The lowest BCUT2D eigenvalue weighted by molar-refractivity contribution is -0.124. The van der Waals surface area contributed by atoms with E-state index in [0.717, 1.165) is 0 Å². The molecule has 0 spiro atoms. The Morgan fingerprint density at radius 3 is 2.23 bits per heavy atom. The molecule has 0 saturated carbocycles. The lowest BCUT2D eigenvalue weighted by Gasteiger charge is -2.21. The van der Waals surface area contributed by atoms with Crippen LogP contribution in [0.4, 0.5) is 0 Å². The Morgan fingerprint density at radius 2 is 1.69 bits per heavy atom. The summed E-state index contributed by atoms with van der Waals surface area (Å²) in [7, 11) is 1.54. The van der Waals surface area contributed by atoms with Crippen molar-refractivity contribution in [2.45, 2.75) is 19.9 Å². The zero-order chi connectivity index (χ0) is 19.1. The van der Waals surface area contributed by atoms with Crippen molar-refractivity contribution < 1.29 is 19.1 Å². The van der Waals surface area contributed by atoms with Gasteiger partial charge in [0.05, 0.1) is 12.0 Å². The molecule has 0 aliphatic rings. The van der Waals surface area contributed by atoms with Gasteiger partial charge in [-0.2, -0.15) is 0 Å². The molecule has 1 atom stereocenters. The van der Waals surface area contributed by atoms with E-state index in [-0.39, 0.29) is 11.8 Å². The van der Waals surface area contributed by atoms with Crippen LogP contribution >= 0.6 is 11.3 Å². The van der Waals surface area contributed by atoms with E-state index in [4.69, 9.17) is 4.74 Å². The summed E-state index contributed by atoms with van der Waals surface area (Å²) < 4.78 is 5.06. The number of hydrogen-bond acceptors (Lipinski definition) is 5. The van der Waals surface area contributed by atoms with E-state index in [0.29, 0.717) is 16.2 Å². The van der Waals surface area contributed by atoms with Gasteiger partial charge >= 0.3 is 0 Å². The topological polar surface area (TPSA) is 96.5 Å². The van der Waals surface area contributed by atoms with Gasteiger partial charge in [0.25, 0.3) is 17.7 Å². The van der Waals surface area contributed by atoms with Crippen molar-refractivity contribution in [3.05, 3.63) is 52.2 Å². The van der Waals surface area contributed by atoms with E-state index in [1.807, 2.05) is 0 Å². The van der Waals surface area contributed by atoms with E-state index in [1.54, 1.807) is 62.7 Å².